The molecule has 0 unspecified atom stereocenters. The maximum absolute atomic E-state index is 12.0. The van der Waals surface area contributed by atoms with E-state index < -0.39 is 0 Å². The summed E-state index contributed by atoms with van der Waals surface area (Å²) in [6.07, 6.45) is 2.91. The van der Waals surface area contributed by atoms with Gasteiger partial charge in [-0.15, -0.1) is 0 Å². The highest BCUT2D eigenvalue weighted by Crippen LogP contribution is 2.65. The molecule has 0 amide bonds. The van der Waals surface area contributed by atoms with E-state index >= 15 is 0 Å². The van der Waals surface area contributed by atoms with Crippen LogP contribution in [0.5, 0.6) is 0 Å². The van der Waals surface area contributed by atoms with E-state index in [0.717, 1.165) is 19.3 Å². The standard InChI is InChI=1S/C14H16O2/c1-13-7-8-14(13,12(15)16-2)9-10-5-3-4-6-11(10)13/h3-6H,7-9H2,1-2H3/t13-,14+/m1/s1. The van der Waals surface area contributed by atoms with Crippen molar-refractivity contribution >= 4 is 5.97 Å². The van der Waals surface area contributed by atoms with Crippen molar-refractivity contribution in [3.8, 4) is 0 Å². The zero-order chi connectivity index (χ0) is 11.4. The first-order valence-corrected chi connectivity index (χ1v) is 5.81. The minimum Gasteiger partial charge on any atom is -0.469 e. The lowest BCUT2D eigenvalue weighted by Crippen LogP contribution is -2.55. The summed E-state index contributed by atoms with van der Waals surface area (Å²) >= 11 is 0. The Morgan fingerprint density at radius 3 is 2.69 bits per heavy atom. The summed E-state index contributed by atoms with van der Waals surface area (Å²) in [5.41, 5.74) is 2.42. The van der Waals surface area contributed by atoms with Gasteiger partial charge >= 0.3 is 5.97 Å². The van der Waals surface area contributed by atoms with Gasteiger partial charge in [-0.2, -0.15) is 0 Å². The lowest BCUT2D eigenvalue weighted by atomic mass is 9.50. The quantitative estimate of drug-likeness (QED) is 0.674. The van der Waals surface area contributed by atoms with E-state index in [4.69, 9.17) is 4.74 Å². The third kappa shape index (κ3) is 0.868. The zero-order valence-electron chi connectivity index (χ0n) is 9.75. The van der Waals surface area contributed by atoms with Gasteiger partial charge in [0.2, 0.25) is 0 Å². The lowest BCUT2D eigenvalue weighted by molar-refractivity contribution is -0.165. The van der Waals surface area contributed by atoms with Crippen LogP contribution in [0.15, 0.2) is 24.3 Å². The van der Waals surface area contributed by atoms with Crippen LogP contribution in [0.3, 0.4) is 0 Å². The van der Waals surface area contributed by atoms with E-state index in [-0.39, 0.29) is 16.8 Å². The molecule has 2 heteroatoms. The SMILES string of the molecule is COC(=O)[C@@]12CC[C@]1(C)c1ccccc1C2. The Morgan fingerprint density at radius 1 is 1.31 bits per heavy atom. The summed E-state index contributed by atoms with van der Waals surface area (Å²) < 4.78 is 5.02. The molecular weight excluding hydrogens is 200 g/mol. The van der Waals surface area contributed by atoms with E-state index in [9.17, 15) is 4.79 Å². The number of hydrogen-bond donors (Lipinski definition) is 0. The normalized spacial score (nSPS) is 34.9. The summed E-state index contributed by atoms with van der Waals surface area (Å²) in [7, 11) is 1.50. The van der Waals surface area contributed by atoms with Crippen molar-refractivity contribution in [1.82, 2.24) is 0 Å². The molecule has 0 heterocycles. The smallest absolute Gasteiger partial charge is 0.313 e. The molecule has 0 N–H and O–H groups in total. The second kappa shape index (κ2) is 2.88. The van der Waals surface area contributed by atoms with E-state index in [1.807, 2.05) is 0 Å². The van der Waals surface area contributed by atoms with Crippen molar-refractivity contribution in [2.45, 2.75) is 31.6 Å². The van der Waals surface area contributed by atoms with E-state index in [0.29, 0.717) is 0 Å². The predicted octanol–water partition coefficient (Wildman–Crippen LogP) is 2.45. The van der Waals surface area contributed by atoms with Crippen LogP contribution in [0.2, 0.25) is 0 Å². The molecule has 1 saturated carbocycles. The third-order valence-corrected chi connectivity index (χ3v) is 4.79. The molecule has 84 valence electrons. The van der Waals surface area contributed by atoms with Crippen LogP contribution in [-0.2, 0) is 21.4 Å². The predicted molar refractivity (Wildman–Crippen MR) is 61.2 cm³/mol. The first-order chi connectivity index (χ1) is 7.64. The fourth-order valence-corrected chi connectivity index (χ4v) is 3.61. The molecule has 0 spiro atoms. The first kappa shape index (κ1) is 9.88. The molecule has 2 atom stereocenters. The average Bonchev–Trinajstić information content (AvgIpc) is 2.48. The Morgan fingerprint density at radius 2 is 2.06 bits per heavy atom. The van der Waals surface area contributed by atoms with Crippen LogP contribution in [0.1, 0.15) is 30.9 Å². The molecular formula is C14H16O2. The number of esters is 1. The first-order valence-electron chi connectivity index (χ1n) is 5.81. The van der Waals surface area contributed by atoms with Crippen molar-refractivity contribution < 1.29 is 9.53 Å². The highest BCUT2D eigenvalue weighted by atomic mass is 16.5. The van der Waals surface area contributed by atoms with E-state index in [2.05, 4.69) is 31.2 Å². The Balaban J connectivity index is 2.13. The van der Waals surface area contributed by atoms with E-state index in [1.165, 1.54) is 18.2 Å². The molecule has 2 aliphatic rings. The van der Waals surface area contributed by atoms with Gasteiger partial charge in [-0.25, -0.2) is 0 Å². The van der Waals surface area contributed by atoms with Crippen LogP contribution in [-0.4, -0.2) is 13.1 Å². The maximum Gasteiger partial charge on any atom is 0.313 e. The topological polar surface area (TPSA) is 26.3 Å². The van der Waals surface area contributed by atoms with Crippen molar-refractivity contribution in [2.24, 2.45) is 5.41 Å². The van der Waals surface area contributed by atoms with E-state index in [1.54, 1.807) is 0 Å². The molecule has 0 aliphatic heterocycles. The molecule has 2 aliphatic carbocycles. The number of ether oxygens (including phenoxy) is 1. The van der Waals surface area contributed by atoms with Crippen LogP contribution in [0, 0.1) is 5.41 Å². The molecule has 16 heavy (non-hydrogen) atoms. The largest absolute Gasteiger partial charge is 0.469 e. The molecule has 0 saturated heterocycles. The highest BCUT2D eigenvalue weighted by Gasteiger charge is 2.66. The molecule has 1 aromatic rings. The number of fused-ring (bicyclic) bond motifs is 3. The van der Waals surface area contributed by atoms with Gasteiger partial charge in [0, 0.05) is 5.41 Å². The number of carbonyl (C=O) groups excluding carboxylic acids is 1. The number of carbonyl (C=O) groups is 1. The highest BCUT2D eigenvalue weighted by molar-refractivity contribution is 5.83. The zero-order valence-corrected chi connectivity index (χ0v) is 9.75. The van der Waals surface area contributed by atoms with Gasteiger partial charge in [0.05, 0.1) is 12.5 Å². The van der Waals surface area contributed by atoms with Crippen molar-refractivity contribution in [1.29, 1.82) is 0 Å². The molecule has 1 fully saturated rings. The number of benzene rings is 1. The Hall–Kier alpha value is -1.31. The van der Waals surface area contributed by atoms with Gasteiger partial charge in [-0.3, -0.25) is 4.79 Å². The molecule has 1 aromatic carbocycles. The van der Waals surface area contributed by atoms with Gasteiger partial charge in [-0.05, 0) is 30.4 Å². The van der Waals surface area contributed by atoms with Gasteiger partial charge in [0.15, 0.2) is 0 Å². The fraction of sp³-hybridized carbons (Fsp3) is 0.500. The molecule has 0 aromatic heterocycles. The van der Waals surface area contributed by atoms with Crippen LogP contribution < -0.4 is 0 Å². The minimum atomic E-state index is -0.272. The fourth-order valence-electron chi connectivity index (χ4n) is 3.61. The van der Waals surface area contributed by atoms with Crippen LogP contribution >= 0.6 is 0 Å². The van der Waals surface area contributed by atoms with Gasteiger partial charge < -0.3 is 4.74 Å². The van der Waals surface area contributed by atoms with Crippen molar-refractivity contribution in [3.63, 3.8) is 0 Å². The number of rotatable bonds is 1. The Bertz CT molecular complexity index is 466. The van der Waals surface area contributed by atoms with Crippen molar-refractivity contribution in [3.05, 3.63) is 35.4 Å². The summed E-state index contributed by atoms with van der Waals surface area (Å²) in [6, 6.07) is 8.43. The van der Waals surface area contributed by atoms with Crippen LogP contribution in [0.4, 0.5) is 0 Å². The number of hydrogen-bond acceptors (Lipinski definition) is 2. The summed E-state index contributed by atoms with van der Waals surface area (Å²) in [4.78, 5) is 12.0. The maximum atomic E-state index is 12.0. The molecule has 0 radical (unpaired) electrons. The molecule has 3 rings (SSSR count). The second-order valence-corrected chi connectivity index (χ2v) is 5.24. The third-order valence-electron chi connectivity index (χ3n) is 4.79. The summed E-state index contributed by atoms with van der Waals surface area (Å²) in [5, 5.41) is 0. The molecule has 0 bridgehead atoms. The Labute approximate surface area is 95.6 Å². The summed E-state index contributed by atoms with van der Waals surface area (Å²) in [5.74, 6) is -0.0301. The average molecular weight is 216 g/mol. The van der Waals surface area contributed by atoms with Gasteiger partial charge in [0.25, 0.3) is 0 Å². The van der Waals surface area contributed by atoms with Gasteiger partial charge in [-0.1, -0.05) is 31.2 Å². The number of methoxy groups -OCH3 is 1. The monoisotopic (exact) mass is 216 g/mol. The minimum absolute atomic E-state index is 0.0106. The molecule has 2 nitrogen and oxygen atoms in total. The second-order valence-electron chi connectivity index (χ2n) is 5.24. The van der Waals surface area contributed by atoms with Crippen LogP contribution in [0.25, 0.3) is 0 Å². The van der Waals surface area contributed by atoms with Gasteiger partial charge in [0.1, 0.15) is 0 Å². The van der Waals surface area contributed by atoms with Crippen molar-refractivity contribution in [2.75, 3.05) is 7.11 Å². The lowest BCUT2D eigenvalue weighted by Gasteiger charge is -2.51. The Kier molecular flexibility index (Phi) is 1.78. The summed E-state index contributed by atoms with van der Waals surface area (Å²) in [6.45, 7) is 2.21.